The fourth-order valence-electron chi connectivity index (χ4n) is 3.45. The van der Waals surface area contributed by atoms with Crippen molar-refractivity contribution in [2.75, 3.05) is 7.11 Å². The largest absolute Gasteiger partial charge is 0.497 e. The van der Waals surface area contributed by atoms with Crippen LogP contribution in [-0.4, -0.2) is 32.9 Å². The molecule has 1 aromatic heterocycles. The van der Waals surface area contributed by atoms with E-state index in [1.807, 2.05) is 30.3 Å². The van der Waals surface area contributed by atoms with Gasteiger partial charge in [-0.05, 0) is 49.1 Å². The molecular weight excluding hydrogens is 370 g/mol. The van der Waals surface area contributed by atoms with Crippen LogP contribution in [0.15, 0.2) is 59.8 Å². The van der Waals surface area contributed by atoms with Crippen LogP contribution in [0.4, 0.5) is 0 Å². The molecule has 1 aliphatic carbocycles. The van der Waals surface area contributed by atoms with E-state index >= 15 is 0 Å². The smallest absolute Gasteiger partial charge is 0.192 e. The number of hydrogen-bond donors (Lipinski definition) is 0. The normalized spacial score (nSPS) is 16.5. The molecule has 0 saturated heterocycles. The number of benzene rings is 2. The third-order valence-electron chi connectivity index (χ3n) is 5.03. The third kappa shape index (κ3) is 4.12. The summed E-state index contributed by atoms with van der Waals surface area (Å²) in [7, 11) is 1.66. The van der Waals surface area contributed by atoms with E-state index in [0.29, 0.717) is 12.2 Å². The zero-order valence-corrected chi connectivity index (χ0v) is 16.7. The minimum atomic E-state index is 0.00314. The van der Waals surface area contributed by atoms with Gasteiger partial charge >= 0.3 is 0 Å². The molecule has 1 heterocycles. The first-order valence-corrected chi connectivity index (χ1v) is 10.4. The average Bonchev–Trinajstić information content (AvgIpc) is 3.33. The summed E-state index contributed by atoms with van der Waals surface area (Å²) in [4.78, 5) is 12.1. The van der Waals surface area contributed by atoms with Gasteiger partial charge in [0.05, 0.1) is 12.4 Å². The Hall–Kier alpha value is -2.60. The molecule has 0 amide bonds. The summed E-state index contributed by atoms with van der Waals surface area (Å²) < 4.78 is 7.41. The lowest BCUT2D eigenvalue weighted by Gasteiger charge is -2.12. The Kier molecular flexibility index (Phi) is 5.76. The number of ketones is 1. The van der Waals surface area contributed by atoms with Gasteiger partial charge in [-0.25, -0.2) is 0 Å². The highest BCUT2D eigenvalue weighted by atomic mass is 32.2. The number of aryl methyl sites for hydroxylation is 1. The minimum Gasteiger partial charge on any atom is -0.497 e. The zero-order chi connectivity index (χ0) is 19.3. The number of hydrogen-bond acceptors (Lipinski definition) is 5. The van der Waals surface area contributed by atoms with Gasteiger partial charge in [-0.3, -0.25) is 4.79 Å². The van der Waals surface area contributed by atoms with Crippen molar-refractivity contribution in [1.82, 2.24) is 14.8 Å². The third-order valence-corrected chi connectivity index (χ3v) is 6.32. The molecule has 3 aromatic rings. The molecule has 2 aromatic carbocycles. The van der Waals surface area contributed by atoms with Gasteiger partial charge in [0.1, 0.15) is 11.5 Å². The Labute approximate surface area is 169 Å². The van der Waals surface area contributed by atoms with Crippen molar-refractivity contribution in [3.8, 4) is 17.1 Å². The number of carbonyl (C=O) groups is 1. The highest BCUT2D eigenvalue weighted by molar-refractivity contribution is 8.00. The minimum absolute atomic E-state index is 0.00314. The van der Waals surface area contributed by atoms with E-state index < -0.39 is 0 Å². The fraction of sp³-hybridized carbons (Fsp3) is 0.318. The first-order valence-electron chi connectivity index (χ1n) is 9.55. The van der Waals surface area contributed by atoms with Gasteiger partial charge in [0.25, 0.3) is 0 Å². The molecule has 28 heavy (non-hydrogen) atoms. The molecule has 1 unspecified atom stereocenters. The summed E-state index contributed by atoms with van der Waals surface area (Å²) in [5.41, 5.74) is 2.26. The van der Waals surface area contributed by atoms with Crippen LogP contribution in [0, 0.1) is 0 Å². The number of methoxy groups -OCH3 is 1. The number of nitrogens with zero attached hydrogens (tertiary/aromatic N) is 3. The van der Waals surface area contributed by atoms with Crippen LogP contribution in [0.25, 0.3) is 11.4 Å². The second-order valence-electron chi connectivity index (χ2n) is 6.89. The van der Waals surface area contributed by atoms with Crippen molar-refractivity contribution < 1.29 is 9.53 Å². The Bertz CT molecular complexity index is 938. The van der Waals surface area contributed by atoms with E-state index in [4.69, 9.17) is 4.74 Å². The first-order chi connectivity index (χ1) is 13.7. The molecule has 0 aliphatic heterocycles. The van der Waals surface area contributed by atoms with Gasteiger partial charge in [0, 0.05) is 18.5 Å². The number of thioether (sulfide) groups is 1. The highest BCUT2D eigenvalue weighted by Gasteiger charge is 2.28. The van der Waals surface area contributed by atoms with Crippen LogP contribution < -0.4 is 4.74 Å². The van der Waals surface area contributed by atoms with Gasteiger partial charge < -0.3 is 9.30 Å². The number of aromatic nitrogens is 3. The molecule has 1 saturated carbocycles. The molecule has 4 rings (SSSR count). The van der Waals surface area contributed by atoms with Crippen LogP contribution in [0.5, 0.6) is 5.75 Å². The Morgan fingerprint density at radius 1 is 1.11 bits per heavy atom. The maximum Gasteiger partial charge on any atom is 0.192 e. The molecule has 1 aliphatic rings. The molecule has 6 heteroatoms. The van der Waals surface area contributed by atoms with Crippen LogP contribution in [0.3, 0.4) is 0 Å². The van der Waals surface area contributed by atoms with Gasteiger partial charge in [0.2, 0.25) is 0 Å². The molecule has 1 fully saturated rings. The van der Waals surface area contributed by atoms with Crippen LogP contribution in [0.2, 0.25) is 0 Å². The number of Topliss-reactive ketones (excluding diaryl/α,β-unsaturated/α-hetero) is 1. The van der Waals surface area contributed by atoms with Crippen molar-refractivity contribution in [1.29, 1.82) is 0 Å². The van der Waals surface area contributed by atoms with Gasteiger partial charge in [0.15, 0.2) is 11.0 Å². The highest BCUT2D eigenvalue weighted by Crippen LogP contribution is 2.33. The lowest BCUT2D eigenvalue weighted by Crippen LogP contribution is -2.11. The number of ether oxygens (including phenoxy) is 1. The molecule has 0 radical (unpaired) electrons. The summed E-state index contributed by atoms with van der Waals surface area (Å²) in [5.74, 6) is 1.96. The predicted octanol–water partition coefficient (Wildman–Crippen LogP) is 4.41. The van der Waals surface area contributed by atoms with Crippen LogP contribution in [0.1, 0.15) is 24.8 Å². The fourth-order valence-corrected chi connectivity index (χ4v) is 4.63. The summed E-state index contributed by atoms with van der Waals surface area (Å²) >= 11 is 1.56. The summed E-state index contributed by atoms with van der Waals surface area (Å²) in [6, 6.07) is 18.2. The SMILES string of the molecule is COc1ccc(-c2nnc(SC3CCCC3=O)n2CCc2ccccc2)cc1. The second kappa shape index (κ2) is 8.61. The Morgan fingerprint density at radius 2 is 1.89 bits per heavy atom. The lowest BCUT2D eigenvalue weighted by atomic mass is 10.1. The van der Waals surface area contributed by atoms with E-state index in [-0.39, 0.29) is 5.25 Å². The van der Waals surface area contributed by atoms with Crippen molar-refractivity contribution in [2.45, 2.75) is 42.6 Å². The maximum absolute atomic E-state index is 12.1. The van der Waals surface area contributed by atoms with Gasteiger partial charge in [-0.15, -0.1) is 10.2 Å². The van der Waals surface area contributed by atoms with Crippen LogP contribution in [-0.2, 0) is 17.8 Å². The first kappa shape index (κ1) is 18.7. The molecule has 0 bridgehead atoms. The van der Waals surface area contributed by atoms with E-state index in [9.17, 15) is 4.79 Å². The average molecular weight is 394 g/mol. The van der Waals surface area contributed by atoms with Crippen molar-refractivity contribution in [2.24, 2.45) is 0 Å². The van der Waals surface area contributed by atoms with Gasteiger partial charge in [-0.2, -0.15) is 0 Å². The molecule has 1 atom stereocenters. The number of rotatable bonds is 7. The van der Waals surface area contributed by atoms with E-state index in [1.54, 1.807) is 18.9 Å². The summed E-state index contributed by atoms with van der Waals surface area (Å²) in [6.07, 6.45) is 3.46. The van der Waals surface area contributed by atoms with E-state index in [1.165, 1.54) is 5.56 Å². The Balaban J connectivity index is 1.63. The van der Waals surface area contributed by atoms with Gasteiger partial charge in [-0.1, -0.05) is 42.1 Å². The quantitative estimate of drug-likeness (QED) is 0.595. The topological polar surface area (TPSA) is 57.0 Å². The summed E-state index contributed by atoms with van der Waals surface area (Å²) in [5, 5.41) is 9.72. The molecule has 144 valence electrons. The zero-order valence-electron chi connectivity index (χ0n) is 15.9. The van der Waals surface area contributed by atoms with Crippen molar-refractivity contribution in [3.05, 3.63) is 60.2 Å². The standard InChI is InChI=1S/C22H23N3O2S/c1-27-18-12-10-17(11-13-18)21-23-24-22(28-20-9-5-8-19(20)26)25(21)15-14-16-6-3-2-4-7-16/h2-4,6-7,10-13,20H,5,8-9,14-15H2,1H3. The molecular formula is C22H23N3O2S. The molecule has 0 N–H and O–H groups in total. The molecule has 0 spiro atoms. The van der Waals surface area contributed by atoms with Crippen LogP contribution >= 0.6 is 11.8 Å². The number of carbonyl (C=O) groups excluding carboxylic acids is 1. The predicted molar refractivity (Wildman–Crippen MR) is 111 cm³/mol. The lowest BCUT2D eigenvalue weighted by molar-refractivity contribution is -0.116. The van der Waals surface area contributed by atoms with Crippen molar-refractivity contribution in [3.63, 3.8) is 0 Å². The monoisotopic (exact) mass is 393 g/mol. The summed E-state index contributed by atoms with van der Waals surface area (Å²) in [6.45, 7) is 0.765. The second-order valence-corrected chi connectivity index (χ2v) is 8.06. The maximum atomic E-state index is 12.1. The van der Waals surface area contributed by atoms with Crippen molar-refractivity contribution >= 4 is 17.5 Å². The molecule has 5 nitrogen and oxygen atoms in total. The van der Waals surface area contributed by atoms with E-state index in [0.717, 1.165) is 48.1 Å². The Morgan fingerprint density at radius 3 is 2.57 bits per heavy atom. The van der Waals surface area contributed by atoms with E-state index in [2.05, 4.69) is 39.0 Å².